The predicted octanol–water partition coefficient (Wildman–Crippen LogP) is 7.88. The van der Waals surface area contributed by atoms with Crippen molar-refractivity contribution in [2.75, 3.05) is 30.1 Å². The van der Waals surface area contributed by atoms with Gasteiger partial charge in [-0.3, -0.25) is 4.79 Å². The maximum absolute atomic E-state index is 11.6. The molecule has 0 N–H and O–H groups in total. The summed E-state index contributed by atoms with van der Waals surface area (Å²) in [6.07, 6.45) is 5.09. The van der Waals surface area contributed by atoms with Crippen LogP contribution in [0.3, 0.4) is 0 Å². The van der Waals surface area contributed by atoms with Gasteiger partial charge in [-0.1, -0.05) is 60.4 Å². The highest BCUT2D eigenvalue weighted by atomic mass is 32.3. The first kappa shape index (κ1) is 24.8. The lowest BCUT2D eigenvalue weighted by Crippen LogP contribution is -2.04. The Morgan fingerprint density at radius 2 is 1.67 bits per heavy atom. The Balaban J connectivity index is 1.94. The summed E-state index contributed by atoms with van der Waals surface area (Å²) in [5.41, 5.74) is 0. The van der Waals surface area contributed by atoms with Crippen LogP contribution in [0.5, 0.6) is 0 Å². The Labute approximate surface area is 198 Å². The summed E-state index contributed by atoms with van der Waals surface area (Å²) in [7, 11) is 0. The van der Waals surface area contributed by atoms with Gasteiger partial charge >= 0.3 is 5.97 Å². The Hall–Kier alpha value is 1.49. The predicted molar refractivity (Wildman–Crippen MR) is 140 cm³/mol. The molecule has 2 aliphatic rings. The number of esters is 1. The van der Waals surface area contributed by atoms with E-state index in [-0.39, 0.29) is 5.97 Å². The molecule has 0 aromatic heterocycles. The van der Waals surface area contributed by atoms with Crippen LogP contribution in [0.1, 0.15) is 33.1 Å². The molecule has 0 unspecified atom stereocenters. The van der Waals surface area contributed by atoms with E-state index in [4.69, 9.17) is 4.74 Å². The van der Waals surface area contributed by atoms with E-state index in [1.807, 2.05) is 65.7 Å². The van der Waals surface area contributed by atoms with Crippen molar-refractivity contribution in [3.63, 3.8) is 0 Å². The van der Waals surface area contributed by atoms with Crippen LogP contribution in [0.15, 0.2) is 26.1 Å². The number of unbranched alkanes of at least 4 members (excludes halogenated alkanes) is 1. The molecule has 2 heterocycles. The summed E-state index contributed by atoms with van der Waals surface area (Å²) in [4.78, 5) is 12.9. The molecule has 0 bridgehead atoms. The van der Waals surface area contributed by atoms with E-state index in [1.54, 1.807) is 23.5 Å². The number of thioether (sulfide) groups is 7. The zero-order valence-corrected chi connectivity index (χ0v) is 22.2. The average molecular weight is 517 g/mol. The van der Waals surface area contributed by atoms with Crippen molar-refractivity contribution in [3.8, 4) is 0 Å². The standard InChI is InChI=1S/C17H24O2S8/c1-4-6-8-22-13-11(10-20)24-16(25-13)17-26-14(21-3)15(27-17)23-9-7-12(18)19-5-2/h20H,4-10H2,1-3H3. The highest BCUT2D eigenvalue weighted by Gasteiger charge is 2.29. The molecule has 2 aliphatic heterocycles. The first-order valence-corrected chi connectivity index (χ1v) is 15.7. The number of carbonyl (C=O) groups excluding carboxylic acids is 1. The van der Waals surface area contributed by atoms with Gasteiger partial charge in [0.1, 0.15) is 0 Å². The molecule has 0 saturated carbocycles. The van der Waals surface area contributed by atoms with Gasteiger partial charge in [0.15, 0.2) is 0 Å². The van der Waals surface area contributed by atoms with Gasteiger partial charge in [-0.15, -0.1) is 35.3 Å². The SMILES string of the molecule is CCCCSC1=C(CS)SC(=C2SC(SC)=C(SCCC(=O)OCC)S2)S1. The number of carbonyl (C=O) groups is 1. The minimum Gasteiger partial charge on any atom is -0.466 e. The Morgan fingerprint density at radius 3 is 2.33 bits per heavy atom. The van der Waals surface area contributed by atoms with E-state index in [1.165, 1.54) is 44.7 Å². The molecule has 0 aromatic rings. The largest absolute Gasteiger partial charge is 0.466 e. The van der Waals surface area contributed by atoms with Gasteiger partial charge in [-0.2, -0.15) is 12.6 Å². The van der Waals surface area contributed by atoms with E-state index in [0.717, 1.165) is 11.5 Å². The van der Waals surface area contributed by atoms with Crippen molar-refractivity contribution in [2.24, 2.45) is 0 Å². The molecule has 10 heteroatoms. The quantitative estimate of drug-likeness (QED) is 0.167. The summed E-state index contributed by atoms with van der Waals surface area (Å²) >= 11 is 17.6. The summed E-state index contributed by atoms with van der Waals surface area (Å²) < 4.78 is 11.9. The van der Waals surface area contributed by atoms with Crippen molar-refractivity contribution in [1.82, 2.24) is 0 Å². The number of hydrogen-bond donors (Lipinski definition) is 1. The first-order valence-electron chi connectivity index (χ1n) is 8.62. The maximum Gasteiger partial charge on any atom is 0.306 e. The highest BCUT2D eigenvalue weighted by molar-refractivity contribution is 8.43. The van der Waals surface area contributed by atoms with Gasteiger partial charge in [0.05, 0.1) is 34.2 Å². The van der Waals surface area contributed by atoms with E-state index >= 15 is 0 Å². The molecule has 0 aromatic carbocycles. The zero-order valence-electron chi connectivity index (χ0n) is 15.6. The van der Waals surface area contributed by atoms with Gasteiger partial charge < -0.3 is 4.74 Å². The summed E-state index contributed by atoms with van der Waals surface area (Å²) in [6.45, 7) is 4.54. The van der Waals surface area contributed by atoms with Crippen LogP contribution in [0.25, 0.3) is 0 Å². The molecule has 0 atom stereocenters. The fraction of sp³-hybridized carbons (Fsp3) is 0.588. The minimum absolute atomic E-state index is 0.108. The van der Waals surface area contributed by atoms with Crippen molar-refractivity contribution in [2.45, 2.75) is 33.1 Å². The van der Waals surface area contributed by atoms with Crippen LogP contribution in [0, 0.1) is 0 Å². The second kappa shape index (κ2) is 13.7. The lowest BCUT2D eigenvalue weighted by atomic mass is 10.4. The van der Waals surface area contributed by atoms with Crippen molar-refractivity contribution >= 4 is 101 Å². The Morgan fingerprint density at radius 1 is 1.00 bits per heavy atom. The molecule has 0 aliphatic carbocycles. The maximum atomic E-state index is 11.6. The topological polar surface area (TPSA) is 26.3 Å². The van der Waals surface area contributed by atoms with Crippen LogP contribution in [0.4, 0.5) is 0 Å². The number of hydrogen-bond acceptors (Lipinski definition) is 10. The smallest absolute Gasteiger partial charge is 0.306 e. The molecule has 2 nitrogen and oxygen atoms in total. The van der Waals surface area contributed by atoms with Gasteiger partial charge in [0.2, 0.25) is 0 Å². The van der Waals surface area contributed by atoms with Crippen molar-refractivity contribution in [1.29, 1.82) is 0 Å². The molecular formula is C17H24O2S8. The summed E-state index contributed by atoms with van der Waals surface area (Å²) in [5, 5.41) is 0. The van der Waals surface area contributed by atoms with Crippen molar-refractivity contribution in [3.05, 3.63) is 26.1 Å². The lowest BCUT2D eigenvalue weighted by Gasteiger charge is -2.04. The highest BCUT2D eigenvalue weighted by Crippen LogP contribution is 2.64. The third kappa shape index (κ3) is 7.92. The minimum atomic E-state index is -0.108. The van der Waals surface area contributed by atoms with Crippen LogP contribution < -0.4 is 0 Å². The average Bonchev–Trinajstić information content (AvgIpc) is 3.26. The molecule has 0 spiro atoms. The number of thiol groups is 1. The molecular weight excluding hydrogens is 493 g/mol. The van der Waals surface area contributed by atoms with E-state index in [2.05, 4.69) is 25.8 Å². The van der Waals surface area contributed by atoms with Gasteiger partial charge in [-0.05, 0) is 25.4 Å². The molecule has 0 radical (unpaired) electrons. The molecule has 27 heavy (non-hydrogen) atoms. The third-order valence-electron chi connectivity index (χ3n) is 3.24. The van der Waals surface area contributed by atoms with Crippen molar-refractivity contribution < 1.29 is 9.53 Å². The van der Waals surface area contributed by atoms with Gasteiger partial charge in [0, 0.05) is 16.4 Å². The van der Waals surface area contributed by atoms with E-state index in [0.29, 0.717) is 13.0 Å². The normalized spacial score (nSPS) is 20.1. The fourth-order valence-electron chi connectivity index (χ4n) is 1.94. The van der Waals surface area contributed by atoms with E-state index in [9.17, 15) is 4.79 Å². The van der Waals surface area contributed by atoms with Crippen LogP contribution in [-0.4, -0.2) is 36.1 Å². The second-order valence-corrected chi connectivity index (χ2v) is 14.0. The Bertz CT molecular complexity index is 626. The number of ether oxygens (including phenoxy) is 1. The second-order valence-electron chi connectivity index (χ2n) is 5.24. The molecule has 0 fully saturated rings. The van der Waals surface area contributed by atoms with E-state index < -0.39 is 0 Å². The van der Waals surface area contributed by atoms with Gasteiger partial charge in [0.25, 0.3) is 0 Å². The molecule has 0 saturated heterocycles. The van der Waals surface area contributed by atoms with Crippen LogP contribution >= 0.6 is 95.0 Å². The van der Waals surface area contributed by atoms with Crippen LogP contribution in [0.2, 0.25) is 0 Å². The number of rotatable bonds is 11. The van der Waals surface area contributed by atoms with Gasteiger partial charge in [-0.25, -0.2) is 0 Å². The van der Waals surface area contributed by atoms with Crippen LogP contribution in [-0.2, 0) is 9.53 Å². The third-order valence-corrected chi connectivity index (χ3v) is 13.8. The molecule has 2 rings (SSSR count). The summed E-state index contributed by atoms with van der Waals surface area (Å²) in [6, 6.07) is 0. The summed E-state index contributed by atoms with van der Waals surface area (Å²) in [5.74, 6) is 2.65. The lowest BCUT2D eigenvalue weighted by molar-refractivity contribution is -0.142. The molecule has 0 amide bonds. The fourth-order valence-corrected chi connectivity index (χ4v) is 12.5. The zero-order chi connectivity index (χ0) is 19.6. The first-order chi connectivity index (χ1) is 13.1. The Kier molecular flexibility index (Phi) is 12.6. The monoisotopic (exact) mass is 516 g/mol. The molecule has 152 valence electrons.